The topological polar surface area (TPSA) is 68.0 Å². The molecule has 1 heterocycles. The van der Waals surface area contributed by atoms with Crippen LogP contribution in [0.25, 0.3) is 11.5 Å². The summed E-state index contributed by atoms with van der Waals surface area (Å²) in [4.78, 5) is 12.1. The number of halogens is 2. The Morgan fingerprint density at radius 1 is 1.09 bits per heavy atom. The zero-order valence-corrected chi connectivity index (χ0v) is 13.2. The number of hydrogen-bond donors (Lipinski definition) is 1. The standard InChI is InChI=1S/C15H9FIN3O2/c16-10-7-5-9(6-8-10)14-19-20-15(22-14)18-13(21)11-3-1-2-4-12(11)17/h1-8H,(H,18,20,21). The van der Waals surface area contributed by atoms with Crippen molar-refractivity contribution in [3.05, 3.63) is 63.5 Å². The molecule has 0 saturated carbocycles. The van der Waals surface area contributed by atoms with Gasteiger partial charge in [0.1, 0.15) is 5.82 Å². The van der Waals surface area contributed by atoms with Gasteiger partial charge < -0.3 is 4.42 Å². The van der Waals surface area contributed by atoms with Crippen molar-refractivity contribution in [1.29, 1.82) is 0 Å². The number of carbonyl (C=O) groups is 1. The molecule has 0 unspecified atom stereocenters. The summed E-state index contributed by atoms with van der Waals surface area (Å²) in [6, 6.07) is 12.8. The normalized spacial score (nSPS) is 10.5. The second kappa shape index (κ2) is 6.22. The molecule has 1 aromatic heterocycles. The van der Waals surface area contributed by atoms with Gasteiger partial charge in [0.2, 0.25) is 5.89 Å². The predicted octanol–water partition coefficient (Wildman–Crippen LogP) is 3.73. The van der Waals surface area contributed by atoms with E-state index in [9.17, 15) is 9.18 Å². The van der Waals surface area contributed by atoms with Crippen LogP contribution in [0.5, 0.6) is 0 Å². The number of amides is 1. The average Bonchev–Trinajstić information content (AvgIpc) is 2.97. The van der Waals surface area contributed by atoms with Gasteiger partial charge in [-0.1, -0.05) is 17.2 Å². The summed E-state index contributed by atoms with van der Waals surface area (Å²) in [6.07, 6.45) is 0. The summed E-state index contributed by atoms with van der Waals surface area (Å²) in [7, 11) is 0. The van der Waals surface area contributed by atoms with E-state index in [1.807, 2.05) is 12.1 Å². The highest BCUT2D eigenvalue weighted by Crippen LogP contribution is 2.21. The highest BCUT2D eigenvalue weighted by Gasteiger charge is 2.14. The molecule has 2 aromatic carbocycles. The van der Waals surface area contributed by atoms with E-state index in [1.165, 1.54) is 24.3 Å². The molecule has 3 aromatic rings. The number of rotatable bonds is 3. The highest BCUT2D eigenvalue weighted by molar-refractivity contribution is 14.1. The van der Waals surface area contributed by atoms with Crippen LogP contribution in [-0.4, -0.2) is 16.1 Å². The zero-order chi connectivity index (χ0) is 15.5. The van der Waals surface area contributed by atoms with E-state index >= 15 is 0 Å². The van der Waals surface area contributed by atoms with Crippen LogP contribution in [0.3, 0.4) is 0 Å². The minimum absolute atomic E-state index is 0.0102. The molecule has 110 valence electrons. The molecule has 1 N–H and O–H groups in total. The van der Waals surface area contributed by atoms with Crippen LogP contribution in [0.1, 0.15) is 10.4 Å². The lowest BCUT2D eigenvalue weighted by Gasteiger charge is -2.02. The Balaban J connectivity index is 1.78. The van der Waals surface area contributed by atoms with Crippen molar-refractivity contribution >= 4 is 34.5 Å². The van der Waals surface area contributed by atoms with Crippen LogP contribution in [0.15, 0.2) is 52.9 Å². The summed E-state index contributed by atoms with van der Waals surface area (Å²) < 4.78 is 19.1. The van der Waals surface area contributed by atoms with Gasteiger partial charge in [0.25, 0.3) is 5.91 Å². The summed E-state index contributed by atoms with van der Waals surface area (Å²) in [5.74, 6) is -0.479. The van der Waals surface area contributed by atoms with Crippen molar-refractivity contribution < 1.29 is 13.6 Å². The van der Waals surface area contributed by atoms with Crippen molar-refractivity contribution in [2.45, 2.75) is 0 Å². The van der Waals surface area contributed by atoms with Gasteiger partial charge in [-0.2, -0.15) is 0 Å². The van der Waals surface area contributed by atoms with Gasteiger partial charge in [0, 0.05) is 9.13 Å². The van der Waals surface area contributed by atoms with Crippen LogP contribution < -0.4 is 5.32 Å². The van der Waals surface area contributed by atoms with E-state index in [4.69, 9.17) is 4.42 Å². The molecular weight excluding hydrogens is 400 g/mol. The van der Waals surface area contributed by atoms with Crippen molar-refractivity contribution in [3.8, 4) is 11.5 Å². The Morgan fingerprint density at radius 3 is 2.55 bits per heavy atom. The SMILES string of the molecule is O=C(Nc1nnc(-c2ccc(F)cc2)o1)c1ccccc1I. The molecule has 0 aliphatic rings. The largest absolute Gasteiger partial charge is 0.403 e. The summed E-state index contributed by atoms with van der Waals surface area (Å²) in [5.41, 5.74) is 1.09. The van der Waals surface area contributed by atoms with Gasteiger partial charge in [-0.05, 0) is 59.0 Å². The van der Waals surface area contributed by atoms with Gasteiger partial charge in [0.15, 0.2) is 0 Å². The molecule has 0 aliphatic heterocycles. The van der Waals surface area contributed by atoms with Gasteiger partial charge in [-0.25, -0.2) is 4.39 Å². The molecular formula is C15H9FIN3O2. The Kier molecular flexibility index (Phi) is 4.14. The third-order valence-electron chi connectivity index (χ3n) is 2.86. The first-order valence-corrected chi connectivity index (χ1v) is 7.37. The molecule has 22 heavy (non-hydrogen) atoms. The van der Waals surface area contributed by atoms with E-state index in [0.29, 0.717) is 11.1 Å². The summed E-state index contributed by atoms with van der Waals surface area (Å²) >= 11 is 2.07. The molecule has 0 fully saturated rings. The summed E-state index contributed by atoms with van der Waals surface area (Å²) in [6.45, 7) is 0. The van der Waals surface area contributed by atoms with Crippen molar-refractivity contribution in [2.24, 2.45) is 0 Å². The molecule has 0 bridgehead atoms. The maximum absolute atomic E-state index is 12.9. The number of nitrogens with zero attached hydrogens (tertiary/aromatic N) is 2. The monoisotopic (exact) mass is 409 g/mol. The van der Waals surface area contributed by atoms with E-state index in [1.54, 1.807) is 12.1 Å². The van der Waals surface area contributed by atoms with Crippen LogP contribution in [0.4, 0.5) is 10.4 Å². The third-order valence-corrected chi connectivity index (χ3v) is 3.80. The fourth-order valence-corrected chi connectivity index (χ4v) is 2.43. The molecule has 0 spiro atoms. The maximum atomic E-state index is 12.9. The second-order valence-electron chi connectivity index (χ2n) is 4.35. The average molecular weight is 409 g/mol. The molecule has 0 atom stereocenters. The third kappa shape index (κ3) is 3.14. The number of aromatic nitrogens is 2. The molecule has 1 amide bonds. The first kappa shape index (κ1) is 14.6. The van der Waals surface area contributed by atoms with Crippen LogP contribution >= 0.6 is 22.6 Å². The lowest BCUT2D eigenvalue weighted by Crippen LogP contribution is -2.13. The molecule has 3 rings (SSSR count). The number of carbonyl (C=O) groups excluding carboxylic acids is 1. The molecule has 5 nitrogen and oxygen atoms in total. The van der Waals surface area contributed by atoms with Crippen molar-refractivity contribution in [3.63, 3.8) is 0 Å². The van der Waals surface area contributed by atoms with Crippen LogP contribution in [0, 0.1) is 9.39 Å². The lowest BCUT2D eigenvalue weighted by molar-refractivity contribution is 0.102. The summed E-state index contributed by atoms with van der Waals surface area (Å²) in [5, 5.41) is 10.1. The van der Waals surface area contributed by atoms with Gasteiger partial charge in [-0.3, -0.25) is 10.1 Å². The molecule has 0 radical (unpaired) electrons. The van der Waals surface area contributed by atoms with E-state index in [2.05, 4.69) is 38.1 Å². The quantitative estimate of drug-likeness (QED) is 0.670. The zero-order valence-electron chi connectivity index (χ0n) is 11.1. The van der Waals surface area contributed by atoms with Gasteiger partial charge in [0.05, 0.1) is 5.56 Å². The van der Waals surface area contributed by atoms with Gasteiger partial charge >= 0.3 is 6.01 Å². The Hall–Kier alpha value is -2.29. The van der Waals surface area contributed by atoms with E-state index in [-0.39, 0.29) is 23.6 Å². The van der Waals surface area contributed by atoms with Crippen LogP contribution in [0.2, 0.25) is 0 Å². The second-order valence-corrected chi connectivity index (χ2v) is 5.52. The Labute approximate surface area is 138 Å². The number of benzene rings is 2. The predicted molar refractivity (Wildman–Crippen MR) is 86.8 cm³/mol. The first-order valence-electron chi connectivity index (χ1n) is 6.29. The fraction of sp³-hybridized carbons (Fsp3) is 0. The van der Waals surface area contributed by atoms with Crippen molar-refractivity contribution in [2.75, 3.05) is 5.32 Å². The number of anilines is 1. The minimum atomic E-state index is -0.351. The van der Waals surface area contributed by atoms with Crippen molar-refractivity contribution in [1.82, 2.24) is 10.2 Å². The smallest absolute Gasteiger partial charge is 0.322 e. The van der Waals surface area contributed by atoms with Gasteiger partial charge in [-0.15, -0.1) is 5.10 Å². The maximum Gasteiger partial charge on any atom is 0.322 e. The van der Waals surface area contributed by atoms with Crippen LogP contribution in [-0.2, 0) is 0 Å². The van der Waals surface area contributed by atoms with E-state index < -0.39 is 0 Å². The molecule has 0 aliphatic carbocycles. The molecule has 0 saturated heterocycles. The Bertz CT molecular complexity index is 818. The Morgan fingerprint density at radius 2 is 1.82 bits per heavy atom. The molecule has 7 heteroatoms. The lowest BCUT2D eigenvalue weighted by atomic mass is 10.2. The number of hydrogen-bond acceptors (Lipinski definition) is 4. The number of nitrogens with one attached hydrogen (secondary N) is 1. The highest BCUT2D eigenvalue weighted by atomic mass is 127. The first-order chi connectivity index (χ1) is 10.6. The van der Waals surface area contributed by atoms with E-state index in [0.717, 1.165) is 3.57 Å². The minimum Gasteiger partial charge on any atom is -0.403 e. The fourth-order valence-electron chi connectivity index (χ4n) is 1.79.